The Balaban J connectivity index is 1.83. The first-order chi connectivity index (χ1) is 12.0. The van der Waals surface area contributed by atoms with Crippen molar-refractivity contribution in [2.45, 2.75) is 6.92 Å². The SMILES string of the molecule is C/C(=N/NC(=O)CNc1ccccc1)c1ccc(OCC(=O)O)cc1. The number of nitrogens with one attached hydrogen (secondary N) is 2. The van der Waals surface area contributed by atoms with Crippen LogP contribution in [0.1, 0.15) is 12.5 Å². The van der Waals surface area contributed by atoms with Crippen molar-refractivity contribution in [1.29, 1.82) is 0 Å². The summed E-state index contributed by atoms with van der Waals surface area (Å²) in [7, 11) is 0. The summed E-state index contributed by atoms with van der Waals surface area (Å²) in [6, 6.07) is 16.2. The summed E-state index contributed by atoms with van der Waals surface area (Å²) in [6.07, 6.45) is 0. The van der Waals surface area contributed by atoms with E-state index in [0.29, 0.717) is 11.5 Å². The molecule has 3 N–H and O–H groups in total. The van der Waals surface area contributed by atoms with E-state index in [2.05, 4.69) is 15.8 Å². The summed E-state index contributed by atoms with van der Waals surface area (Å²) >= 11 is 0. The van der Waals surface area contributed by atoms with E-state index in [1.54, 1.807) is 31.2 Å². The Morgan fingerprint density at radius 3 is 2.40 bits per heavy atom. The molecule has 0 saturated heterocycles. The van der Waals surface area contributed by atoms with Gasteiger partial charge in [0.2, 0.25) is 0 Å². The lowest BCUT2D eigenvalue weighted by molar-refractivity contribution is -0.139. The Morgan fingerprint density at radius 1 is 1.08 bits per heavy atom. The van der Waals surface area contributed by atoms with Crippen LogP contribution in [0.25, 0.3) is 0 Å². The van der Waals surface area contributed by atoms with Gasteiger partial charge < -0.3 is 15.2 Å². The number of anilines is 1. The molecule has 2 rings (SSSR count). The molecule has 0 aliphatic heterocycles. The summed E-state index contributed by atoms with van der Waals surface area (Å²) in [5, 5.41) is 15.6. The van der Waals surface area contributed by atoms with E-state index in [1.807, 2.05) is 30.3 Å². The Kier molecular flexibility index (Phi) is 6.53. The smallest absolute Gasteiger partial charge is 0.341 e. The topological polar surface area (TPSA) is 100 Å². The first kappa shape index (κ1) is 18.0. The van der Waals surface area contributed by atoms with Gasteiger partial charge in [-0.2, -0.15) is 5.10 Å². The number of para-hydroxylation sites is 1. The predicted molar refractivity (Wildman–Crippen MR) is 94.9 cm³/mol. The molecule has 2 aromatic carbocycles. The number of rotatable bonds is 8. The van der Waals surface area contributed by atoms with Gasteiger partial charge in [0, 0.05) is 5.69 Å². The zero-order valence-electron chi connectivity index (χ0n) is 13.7. The molecule has 0 radical (unpaired) electrons. The second kappa shape index (κ2) is 9.07. The normalized spacial score (nSPS) is 10.8. The number of hydrogen-bond donors (Lipinski definition) is 3. The third kappa shape index (κ3) is 6.34. The van der Waals surface area contributed by atoms with Crippen LogP contribution in [0.2, 0.25) is 0 Å². The zero-order valence-corrected chi connectivity index (χ0v) is 13.7. The van der Waals surface area contributed by atoms with E-state index in [9.17, 15) is 9.59 Å². The van der Waals surface area contributed by atoms with Gasteiger partial charge in [-0.05, 0) is 48.9 Å². The molecule has 0 atom stereocenters. The van der Waals surface area contributed by atoms with Gasteiger partial charge in [-0.3, -0.25) is 4.79 Å². The molecule has 25 heavy (non-hydrogen) atoms. The Bertz CT molecular complexity index is 743. The highest BCUT2D eigenvalue weighted by molar-refractivity contribution is 5.99. The highest BCUT2D eigenvalue weighted by atomic mass is 16.5. The first-order valence-corrected chi connectivity index (χ1v) is 7.61. The van der Waals surface area contributed by atoms with Crippen LogP contribution < -0.4 is 15.5 Å². The number of aliphatic carboxylic acids is 1. The molecule has 0 fully saturated rings. The maximum Gasteiger partial charge on any atom is 0.341 e. The fourth-order valence-electron chi connectivity index (χ4n) is 1.93. The minimum absolute atomic E-state index is 0.114. The second-order valence-electron chi connectivity index (χ2n) is 5.16. The van der Waals surface area contributed by atoms with E-state index < -0.39 is 12.6 Å². The summed E-state index contributed by atoms with van der Waals surface area (Å²) in [5.74, 6) is -0.840. The number of nitrogens with zero attached hydrogens (tertiary/aromatic N) is 1. The molecular formula is C18H19N3O4. The molecule has 2 aromatic rings. The summed E-state index contributed by atoms with van der Waals surface area (Å²) in [6.45, 7) is 1.48. The zero-order chi connectivity index (χ0) is 18.1. The number of ether oxygens (including phenoxy) is 1. The maximum absolute atomic E-state index is 11.8. The number of carbonyl (C=O) groups is 2. The molecule has 130 valence electrons. The molecule has 0 aliphatic carbocycles. The summed E-state index contributed by atoms with van der Waals surface area (Å²) in [5.41, 5.74) is 4.75. The molecule has 0 unspecified atom stereocenters. The number of hydrogen-bond acceptors (Lipinski definition) is 5. The van der Waals surface area contributed by atoms with E-state index in [-0.39, 0.29) is 12.5 Å². The van der Waals surface area contributed by atoms with Gasteiger partial charge in [-0.15, -0.1) is 0 Å². The third-order valence-corrected chi connectivity index (χ3v) is 3.21. The minimum Gasteiger partial charge on any atom is -0.482 e. The Labute approximate surface area is 145 Å². The lowest BCUT2D eigenvalue weighted by atomic mass is 10.1. The van der Waals surface area contributed by atoms with Gasteiger partial charge in [-0.1, -0.05) is 18.2 Å². The van der Waals surface area contributed by atoms with E-state index in [1.165, 1.54) is 0 Å². The second-order valence-corrected chi connectivity index (χ2v) is 5.16. The summed E-state index contributed by atoms with van der Waals surface area (Å²) < 4.78 is 5.06. The van der Waals surface area contributed by atoms with Gasteiger partial charge >= 0.3 is 5.97 Å². The van der Waals surface area contributed by atoms with Gasteiger partial charge in [0.05, 0.1) is 12.3 Å². The van der Waals surface area contributed by atoms with Crippen molar-refractivity contribution < 1.29 is 19.4 Å². The molecule has 0 aliphatic rings. The van der Waals surface area contributed by atoms with Gasteiger partial charge in [0.1, 0.15) is 5.75 Å². The van der Waals surface area contributed by atoms with Crippen molar-refractivity contribution in [2.75, 3.05) is 18.5 Å². The lowest BCUT2D eigenvalue weighted by Gasteiger charge is -2.07. The number of carbonyl (C=O) groups excluding carboxylic acids is 1. The van der Waals surface area contributed by atoms with E-state index in [0.717, 1.165) is 11.3 Å². The number of carboxylic acids is 1. The van der Waals surface area contributed by atoms with Crippen LogP contribution >= 0.6 is 0 Å². The maximum atomic E-state index is 11.8. The van der Waals surface area contributed by atoms with Gasteiger partial charge in [-0.25, -0.2) is 10.2 Å². The number of benzene rings is 2. The molecule has 7 heteroatoms. The monoisotopic (exact) mass is 341 g/mol. The third-order valence-electron chi connectivity index (χ3n) is 3.21. The Morgan fingerprint density at radius 2 is 1.76 bits per heavy atom. The van der Waals surface area contributed by atoms with Crippen LogP contribution in [0.5, 0.6) is 5.75 Å². The number of amides is 1. The molecule has 7 nitrogen and oxygen atoms in total. The fourth-order valence-corrected chi connectivity index (χ4v) is 1.93. The largest absolute Gasteiger partial charge is 0.482 e. The van der Waals surface area contributed by atoms with E-state index >= 15 is 0 Å². The average Bonchev–Trinajstić information content (AvgIpc) is 2.64. The van der Waals surface area contributed by atoms with Crippen LogP contribution in [0.15, 0.2) is 59.7 Å². The van der Waals surface area contributed by atoms with Crippen LogP contribution in [0, 0.1) is 0 Å². The van der Waals surface area contributed by atoms with Crippen molar-refractivity contribution >= 4 is 23.3 Å². The number of carboxylic acid groups (broad SMARTS) is 1. The van der Waals surface area contributed by atoms with Gasteiger partial charge in [0.15, 0.2) is 6.61 Å². The van der Waals surface area contributed by atoms with Crippen molar-refractivity contribution in [3.05, 3.63) is 60.2 Å². The molecule has 0 saturated carbocycles. The Hall–Kier alpha value is -3.35. The van der Waals surface area contributed by atoms with E-state index in [4.69, 9.17) is 9.84 Å². The molecule has 1 amide bonds. The quantitative estimate of drug-likeness (QED) is 0.504. The highest BCUT2D eigenvalue weighted by Crippen LogP contribution is 2.12. The van der Waals surface area contributed by atoms with Crippen molar-refractivity contribution in [1.82, 2.24) is 5.43 Å². The van der Waals surface area contributed by atoms with Crippen LogP contribution in [-0.4, -0.2) is 35.8 Å². The predicted octanol–water partition coefficient (Wildman–Crippen LogP) is 2.10. The minimum atomic E-state index is -1.03. The molecular weight excluding hydrogens is 322 g/mol. The fraction of sp³-hybridized carbons (Fsp3) is 0.167. The van der Waals surface area contributed by atoms with Crippen LogP contribution in [0.4, 0.5) is 5.69 Å². The van der Waals surface area contributed by atoms with Crippen LogP contribution in [-0.2, 0) is 9.59 Å². The molecule has 0 bridgehead atoms. The highest BCUT2D eigenvalue weighted by Gasteiger charge is 2.03. The molecule has 0 aromatic heterocycles. The van der Waals surface area contributed by atoms with Crippen molar-refractivity contribution in [3.63, 3.8) is 0 Å². The average molecular weight is 341 g/mol. The molecule has 0 heterocycles. The summed E-state index contributed by atoms with van der Waals surface area (Å²) in [4.78, 5) is 22.3. The van der Waals surface area contributed by atoms with Crippen molar-refractivity contribution in [3.8, 4) is 5.75 Å². The standard InChI is InChI=1S/C18H19N3O4/c1-13(14-7-9-16(10-8-14)25-12-18(23)24)20-21-17(22)11-19-15-5-3-2-4-6-15/h2-10,19H,11-12H2,1H3,(H,21,22)(H,23,24)/b20-13-. The van der Waals surface area contributed by atoms with Gasteiger partial charge in [0.25, 0.3) is 5.91 Å². The lowest BCUT2D eigenvalue weighted by Crippen LogP contribution is -2.26. The van der Waals surface area contributed by atoms with Crippen LogP contribution in [0.3, 0.4) is 0 Å². The first-order valence-electron chi connectivity index (χ1n) is 7.61. The van der Waals surface area contributed by atoms with Crippen molar-refractivity contribution in [2.24, 2.45) is 5.10 Å². The number of hydrazone groups is 1. The molecule has 0 spiro atoms.